The van der Waals surface area contributed by atoms with Gasteiger partial charge in [-0.1, -0.05) is 87.4 Å². The zero-order valence-corrected chi connectivity index (χ0v) is 43.5. The van der Waals surface area contributed by atoms with E-state index in [1.54, 1.807) is 9.80 Å². The van der Waals surface area contributed by atoms with Crippen LogP contribution < -0.4 is 21.3 Å². The van der Waals surface area contributed by atoms with Crippen LogP contribution in [0.4, 0.5) is 17.6 Å². The van der Waals surface area contributed by atoms with Gasteiger partial charge in [-0.05, 0) is 85.0 Å². The number of halogens is 4. The Balaban J connectivity index is 0.000000221. The lowest BCUT2D eigenvalue weighted by Crippen LogP contribution is -2.53. The molecular formula is C58H74F4N6O8. The van der Waals surface area contributed by atoms with E-state index in [0.717, 1.165) is 48.9 Å². The summed E-state index contributed by atoms with van der Waals surface area (Å²) in [6.45, 7) is 7.94. The van der Waals surface area contributed by atoms with Crippen molar-refractivity contribution in [2.75, 3.05) is 39.3 Å². The number of rotatable bonds is 24. The molecule has 8 rings (SSSR count). The van der Waals surface area contributed by atoms with Crippen LogP contribution >= 0.6 is 0 Å². The van der Waals surface area contributed by atoms with Gasteiger partial charge in [0, 0.05) is 76.3 Å². The molecule has 0 spiro atoms. The normalized spacial score (nSPS) is 23.0. The molecule has 6 N–H and O–H groups in total. The average Bonchev–Trinajstić information content (AvgIpc) is 4.23. The smallest absolute Gasteiger partial charge is 0.225 e. The Hall–Kier alpha value is -5.76. The molecule has 4 saturated heterocycles. The van der Waals surface area contributed by atoms with Crippen molar-refractivity contribution in [3.05, 3.63) is 143 Å². The second-order valence-corrected chi connectivity index (χ2v) is 20.7. The number of amides is 4. The zero-order chi connectivity index (χ0) is 54.1. The van der Waals surface area contributed by atoms with Crippen molar-refractivity contribution in [2.24, 2.45) is 11.8 Å². The highest BCUT2D eigenvalue weighted by molar-refractivity contribution is 5.90. The predicted octanol–water partition coefficient (Wildman–Crippen LogP) is 5.90. The zero-order valence-electron chi connectivity index (χ0n) is 43.5. The molecule has 0 aromatic heterocycles. The van der Waals surface area contributed by atoms with Crippen molar-refractivity contribution in [3.63, 3.8) is 0 Å². The Morgan fingerprint density at radius 2 is 0.961 bits per heavy atom. The average molecular weight is 1060 g/mol. The number of nitrogens with one attached hydrogen (secondary N) is 4. The molecule has 0 unspecified atom stereocenters. The molecule has 0 aliphatic carbocycles. The van der Waals surface area contributed by atoms with Gasteiger partial charge in [0.1, 0.15) is 23.3 Å². The van der Waals surface area contributed by atoms with Crippen LogP contribution in [-0.4, -0.2) is 131 Å². The fraction of sp³-hybridized carbons (Fsp3) is 0.517. The lowest BCUT2D eigenvalue weighted by Gasteiger charge is -2.29. The number of unbranched alkanes of at least 4 members (excludes halogenated alkanes) is 2. The Labute approximate surface area is 443 Å². The van der Waals surface area contributed by atoms with Crippen molar-refractivity contribution in [3.8, 4) is 0 Å². The van der Waals surface area contributed by atoms with E-state index in [4.69, 9.17) is 9.47 Å². The Morgan fingerprint density at radius 1 is 0.592 bits per heavy atom. The summed E-state index contributed by atoms with van der Waals surface area (Å²) in [5.41, 5.74) is 2.75. The monoisotopic (exact) mass is 1060 g/mol. The van der Waals surface area contributed by atoms with Crippen LogP contribution in [-0.2, 0) is 54.7 Å². The SMILES string of the molecule is CCCCN1C[C@@H](C(=O)N[C@@H](Cc2cc(F)cc(F)c2)[C@H](O)[C@H]2C[C@@H](OCc3ccccc3)CN2)CC1=O.CCCCN1C[C@H](C(=O)N[C@@H](Cc2cc(F)cc(F)c2)[C@H](O)[C@H]2C[C@@H](OCc3ccccc3)CN2)CC1=O. The van der Waals surface area contributed by atoms with Crippen LogP contribution in [0, 0.1) is 35.1 Å². The van der Waals surface area contributed by atoms with Gasteiger partial charge in [0.2, 0.25) is 23.6 Å². The quantitative estimate of drug-likeness (QED) is 0.0463. The molecule has 4 aliphatic heterocycles. The summed E-state index contributed by atoms with van der Waals surface area (Å²) in [5.74, 6) is -4.74. The molecule has 18 heteroatoms. The van der Waals surface area contributed by atoms with Gasteiger partial charge in [-0.3, -0.25) is 19.2 Å². The number of aliphatic hydroxyl groups excluding tert-OH is 2. The summed E-state index contributed by atoms with van der Waals surface area (Å²) >= 11 is 0. The number of hydrogen-bond donors (Lipinski definition) is 6. The van der Waals surface area contributed by atoms with E-state index < -0.39 is 59.4 Å². The van der Waals surface area contributed by atoms with Gasteiger partial charge in [-0.15, -0.1) is 0 Å². The largest absolute Gasteiger partial charge is 0.389 e. The molecule has 14 nitrogen and oxygen atoms in total. The van der Waals surface area contributed by atoms with E-state index in [2.05, 4.69) is 21.3 Å². The summed E-state index contributed by atoms with van der Waals surface area (Å²) in [4.78, 5) is 54.6. The highest BCUT2D eigenvalue weighted by Gasteiger charge is 2.41. The topological polar surface area (TPSA) is 182 Å². The standard InChI is InChI=1S/2C29H37F2N3O4/c2*1-2-3-9-34-17-21(13-27(34)35)29(37)33-26(12-20-10-22(30)14-23(31)11-20)28(36)25-15-24(16-32-25)38-18-19-7-5-4-6-8-19/h2*4-8,10-11,14,21,24-26,28,32,36H,2-3,9,12-13,15-18H2,1H3,(H,33,37)/t21-,24+,25+,26-,28+;21-,24-,25-,26+,28-/m01/s1. The number of benzene rings is 4. The summed E-state index contributed by atoms with van der Waals surface area (Å²) in [5, 5.41) is 35.0. The minimum Gasteiger partial charge on any atom is -0.389 e. The van der Waals surface area contributed by atoms with Gasteiger partial charge in [0.15, 0.2) is 0 Å². The fourth-order valence-electron chi connectivity index (χ4n) is 10.5. The third-order valence-electron chi connectivity index (χ3n) is 14.7. The minimum atomic E-state index is -1.04. The fourth-order valence-corrected chi connectivity index (χ4v) is 10.5. The first-order chi connectivity index (χ1) is 36.6. The third kappa shape index (κ3) is 17.1. The van der Waals surface area contributed by atoms with Crippen molar-refractivity contribution < 1.29 is 56.4 Å². The van der Waals surface area contributed by atoms with Crippen LogP contribution in [0.2, 0.25) is 0 Å². The second kappa shape index (κ2) is 28.6. The number of nitrogens with zero attached hydrogens (tertiary/aromatic N) is 2. The molecule has 4 fully saturated rings. The van der Waals surface area contributed by atoms with Gasteiger partial charge < -0.3 is 50.8 Å². The molecule has 412 valence electrons. The summed E-state index contributed by atoms with van der Waals surface area (Å²) < 4.78 is 67.6. The maximum absolute atomic E-state index is 13.9. The van der Waals surface area contributed by atoms with Gasteiger partial charge in [-0.25, -0.2) is 17.6 Å². The first-order valence-corrected chi connectivity index (χ1v) is 26.8. The number of aliphatic hydroxyl groups is 2. The highest BCUT2D eigenvalue weighted by atomic mass is 19.1. The number of carbonyl (C=O) groups excluding carboxylic acids is 4. The lowest BCUT2D eigenvalue weighted by molar-refractivity contribution is -0.129. The van der Waals surface area contributed by atoms with Crippen LogP contribution in [0.25, 0.3) is 0 Å². The maximum atomic E-state index is 13.9. The van der Waals surface area contributed by atoms with E-state index in [1.165, 1.54) is 24.3 Å². The molecule has 4 aromatic carbocycles. The molecule has 10 atom stereocenters. The number of likely N-dealkylation sites (tertiary alicyclic amines) is 2. The first kappa shape index (κ1) is 57.9. The van der Waals surface area contributed by atoms with Crippen molar-refractivity contribution in [1.29, 1.82) is 0 Å². The summed E-state index contributed by atoms with van der Waals surface area (Å²) in [6, 6.07) is 23.6. The Morgan fingerprint density at radius 3 is 1.32 bits per heavy atom. The minimum absolute atomic E-state index is 0.0372. The van der Waals surface area contributed by atoms with Gasteiger partial charge in [-0.2, -0.15) is 0 Å². The predicted molar refractivity (Wildman–Crippen MR) is 278 cm³/mol. The van der Waals surface area contributed by atoms with E-state index in [1.807, 2.05) is 74.5 Å². The van der Waals surface area contributed by atoms with Crippen molar-refractivity contribution >= 4 is 23.6 Å². The van der Waals surface area contributed by atoms with Crippen LogP contribution in [0.15, 0.2) is 97.1 Å². The third-order valence-corrected chi connectivity index (χ3v) is 14.7. The molecule has 4 heterocycles. The van der Waals surface area contributed by atoms with Gasteiger partial charge >= 0.3 is 0 Å². The molecule has 0 saturated carbocycles. The van der Waals surface area contributed by atoms with Crippen LogP contribution in [0.5, 0.6) is 0 Å². The second-order valence-electron chi connectivity index (χ2n) is 20.7. The van der Waals surface area contributed by atoms with Crippen LogP contribution in [0.1, 0.15) is 87.5 Å². The van der Waals surface area contributed by atoms with Gasteiger partial charge in [0.05, 0.1) is 61.5 Å². The first-order valence-electron chi connectivity index (χ1n) is 26.8. The molecule has 4 amide bonds. The molecule has 4 aliphatic rings. The van der Waals surface area contributed by atoms with Crippen molar-refractivity contribution in [2.45, 2.75) is 140 Å². The van der Waals surface area contributed by atoms with E-state index in [9.17, 15) is 47.0 Å². The van der Waals surface area contributed by atoms with Crippen LogP contribution in [0.3, 0.4) is 0 Å². The molecular weight excluding hydrogens is 985 g/mol. The number of hydrogen-bond acceptors (Lipinski definition) is 10. The molecule has 76 heavy (non-hydrogen) atoms. The van der Waals surface area contributed by atoms with E-state index in [-0.39, 0.29) is 73.6 Å². The highest BCUT2D eigenvalue weighted by Crippen LogP contribution is 2.25. The summed E-state index contributed by atoms with van der Waals surface area (Å²) in [7, 11) is 0. The number of carbonyl (C=O) groups is 4. The van der Waals surface area contributed by atoms with Crippen molar-refractivity contribution in [1.82, 2.24) is 31.1 Å². The maximum Gasteiger partial charge on any atom is 0.225 e. The van der Waals surface area contributed by atoms with Gasteiger partial charge in [0.25, 0.3) is 0 Å². The molecule has 0 bridgehead atoms. The van der Waals surface area contributed by atoms with E-state index in [0.29, 0.717) is 76.5 Å². The lowest BCUT2D eigenvalue weighted by atomic mass is 9.94. The van der Waals surface area contributed by atoms with E-state index >= 15 is 0 Å². The number of ether oxygens (including phenoxy) is 2. The summed E-state index contributed by atoms with van der Waals surface area (Å²) in [6.07, 6.45) is 2.64. The molecule has 0 radical (unpaired) electrons. The molecule has 4 aromatic rings. The Bertz CT molecular complexity index is 2300. The Kier molecular flexibility index (Phi) is 21.8.